The minimum absolute atomic E-state index is 0.0869. The normalized spacial score (nSPS) is 15.5. The SMILES string of the molecule is COC1=CC=CCC=C1NC(C)=O. The van der Waals surface area contributed by atoms with Crippen LogP contribution in [0.1, 0.15) is 13.3 Å². The van der Waals surface area contributed by atoms with Crippen LogP contribution in [0.3, 0.4) is 0 Å². The second-order valence-electron chi connectivity index (χ2n) is 2.70. The molecule has 0 aromatic carbocycles. The summed E-state index contributed by atoms with van der Waals surface area (Å²) in [6.45, 7) is 1.48. The molecule has 3 nitrogen and oxygen atoms in total. The predicted molar refractivity (Wildman–Crippen MR) is 50.7 cm³/mol. The van der Waals surface area contributed by atoms with E-state index in [4.69, 9.17) is 4.74 Å². The quantitative estimate of drug-likeness (QED) is 0.697. The summed E-state index contributed by atoms with van der Waals surface area (Å²) in [7, 11) is 1.58. The van der Waals surface area contributed by atoms with Crippen LogP contribution in [0.2, 0.25) is 0 Å². The fraction of sp³-hybridized carbons (Fsp3) is 0.300. The van der Waals surface area contributed by atoms with Crippen molar-refractivity contribution in [3.05, 3.63) is 35.8 Å². The summed E-state index contributed by atoms with van der Waals surface area (Å²) in [6.07, 6.45) is 8.45. The molecule has 1 aliphatic carbocycles. The molecule has 3 heteroatoms. The van der Waals surface area contributed by atoms with Crippen molar-refractivity contribution in [3.8, 4) is 0 Å². The Morgan fingerprint density at radius 2 is 2.38 bits per heavy atom. The predicted octanol–water partition coefficient (Wildman–Crippen LogP) is 1.50. The maximum atomic E-state index is 10.8. The minimum atomic E-state index is -0.0869. The Kier molecular flexibility index (Phi) is 3.31. The van der Waals surface area contributed by atoms with E-state index < -0.39 is 0 Å². The Labute approximate surface area is 77.8 Å². The Morgan fingerprint density at radius 3 is 3.00 bits per heavy atom. The number of nitrogens with one attached hydrogen (secondary N) is 1. The molecule has 0 aromatic heterocycles. The number of hydrogen-bond donors (Lipinski definition) is 1. The standard InChI is InChI=1S/C10H13NO2/c1-8(12)11-9-6-4-3-5-7-10(9)13-2/h3,5-7H,4H2,1-2H3,(H,11,12). The molecule has 0 heterocycles. The van der Waals surface area contributed by atoms with Gasteiger partial charge in [-0.25, -0.2) is 0 Å². The second kappa shape index (κ2) is 4.50. The first-order valence-corrected chi connectivity index (χ1v) is 4.13. The van der Waals surface area contributed by atoms with Crippen molar-refractivity contribution < 1.29 is 9.53 Å². The van der Waals surface area contributed by atoms with Crippen molar-refractivity contribution in [2.24, 2.45) is 0 Å². The van der Waals surface area contributed by atoms with Gasteiger partial charge < -0.3 is 10.1 Å². The molecule has 0 fully saturated rings. The first-order chi connectivity index (χ1) is 6.24. The number of rotatable bonds is 2. The average molecular weight is 179 g/mol. The van der Waals surface area contributed by atoms with E-state index >= 15 is 0 Å². The van der Waals surface area contributed by atoms with Gasteiger partial charge in [0.25, 0.3) is 0 Å². The highest BCUT2D eigenvalue weighted by atomic mass is 16.5. The Bertz CT molecular complexity index is 287. The van der Waals surface area contributed by atoms with E-state index in [2.05, 4.69) is 5.32 Å². The molecular formula is C10H13NO2. The number of carbonyl (C=O) groups excluding carboxylic acids is 1. The van der Waals surface area contributed by atoms with E-state index in [0.29, 0.717) is 5.76 Å². The summed E-state index contributed by atoms with van der Waals surface area (Å²) >= 11 is 0. The smallest absolute Gasteiger partial charge is 0.221 e. The van der Waals surface area contributed by atoms with E-state index in [-0.39, 0.29) is 5.91 Å². The van der Waals surface area contributed by atoms with Gasteiger partial charge in [0.15, 0.2) is 0 Å². The number of ether oxygens (including phenoxy) is 1. The molecular weight excluding hydrogens is 166 g/mol. The highest BCUT2D eigenvalue weighted by Crippen LogP contribution is 2.12. The van der Waals surface area contributed by atoms with Crippen molar-refractivity contribution in [3.63, 3.8) is 0 Å². The van der Waals surface area contributed by atoms with Gasteiger partial charge in [-0.2, -0.15) is 0 Å². The summed E-state index contributed by atoms with van der Waals surface area (Å²) in [6, 6.07) is 0. The third-order valence-electron chi connectivity index (χ3n) is 1.64. The van der Waals surface area contributed by atoms with Crippen LogP contribution in [0.25, 0.3) is 0 Å². The van der Waals surface area contributed by atoms with E-state index in [0.717, 1.165) is 12.1 Å². The third-order valence-corrected chi connectivity index (χ3v) is 1.64. The first-order valence-electron chi connectivity index (χ1n) is 4.13. The second-order valence-corrected chi connectivity index (χ2v) is 2.70. The van der Waals surface area contributed by atoms with Gasteiger partial charge in [-0.1, -0.05) is 18.2 Å². The van der Waals surface area contributed by atoms with E-state index in [1.165, 1.54) is 6.92 Å². The molecule has 1 rings (SSSR count). The molecule has 1 N–H and O–H groups in total. The molecule has 0 spiro atoms. The van der Waals surface area contributed by atoms with Crippen LogP contribution < -0.4 is 5.32 Å². The summed E-state index contributed by atoms with van der Waals surface area (Å²) < 4.78 is 5.11. The Hall–Kier alpha value is -1.51. The number of allylic oxidation sites excluding steroid dienone is 4. The maximum absolute atomic E-state index is 10.8. The molecule has 1 amide bonds. The molecule has 70 valence electrons. The number of amides is 1. The molecule has 0 atom stereocenters. The van der Waals surface area contributed by atoms with Crippen LogP contribution in [0, 0.1) is 0 Å². The molecule has 0 saturated carbocycles. The molecule has 0 saturated heterocycles. The fourth-order valence-electron chi connectivity index (χ4n) is 1.09. The highest BCUT2D eigenvalue weighted by Gasteiger charge is 2.06. The molecule has 0 radical (unpaired) electrons. The molecule has 0 bridgehead atoms. The summed E-state index contributed by atoms with van der Waals surface area (Å²) in [5, 5.41) is 2.71. The molecule has 13 heavy (non-hydrogen) atoms. The lowest BCUT2D eigenvalue weighted by Gasteiger charge is -2.09. The van der Waals surface area contributed by atoms with E-state index in [1.807, 2.05) is 24.3 Å². The summed E-state index contributed by atoms with van der Waals surface area (Å²) in [5.41, 5.74) is 0.736. The van der Waals surface area contributed by atoms with Gasteiger partial charge in [-0.15, -0.1) is 0 Å². The zero-order valence-electron chi connectivity index (χ0n) is 7.83. The highest BCUT2D eigenvalue weighted by molar-refractivity contribution is 5.75. The Balaban J connectivity index is 2.80. The minimum Gasteiger partial charge on any atom is -0.495 e. The number of carbonyl (C=O) groups is 1. The largest absolute Gasteiger partial charge is 0.495 e. The van der Waals surface area contributed by atoms with E-state index in [1.54, 1.807) is 7.11 Å². The lowest BCUT2D eigenvalue weighted by atomic mass is 10.3. The zero-order chi connectivity index (χ0) is 9.68. The molecule has 0 aliphatic heterocycles. The topological polar surface area (TPSA) is 38.3 Å². The fourth-order valence-corrected chi connectivity index (χ4v) is 1.09. The number of hydrogen-bond acceptors (Lipinski definition) is 2. The first kappa shape index (κ1) is 9.58. The Morgan fingerprint density at radius 1 is 1.62 bits per heavy atom. The van der Waals surface area contributed by atoms with Gasteiger partial charge in [0, 0.05) is 6.92 Å². The van der Waals surface area contributed by atoms with Crippen molar-refractivity contribution in [2.45, 2.75) is 13.3 Å². The maximum Gasteiger partial charge on any atom is 0.221 e. The van der Waals surface area contributed by atoms with Crippen LogP contribution in [0.5, 0.6) is 0 Å². The van der Waals surface area contributed by atoms with Crippen LogP contribution in [-0.2, 0) is 9.53 Å². The zero-order valence-corrected chi connectivity index (χ0v) is 7.83. The number of methoxy groups -OCH3 is 1. The van der Waals surface area contributed by atoms with E-state index in [9.17, 15) is 4.79 Å². The van der Waals surface area contributed by atoms with Crippen molar-refractivity contribution in [1.82, 2.24) is 5.32 Å². The third kappa shape index (κ3) is 2.78. The molecule has 0 unspecified atom stereocenters. The van der Waals surface area contributed by atoms with Crippen molar-refractivity contribution in [1.29, 1.82) is 0 Å². The summed E-state index contributed by atoms with van der Waals surface area (Å²) in [4.78, 5) is 10.8. The van der Waals surface area contributed by atoms with Gasteiger partial charge >= 0.3 is 0 Å². The summed E-state index contributed by atoms with van der Waals surface area (Å²) in [5.74, 6) is 0.597. The van der Waals surface area contributed by atoms with Crippen LogP contribution >= 0.6 is 0 Å². The average Bonchev–Trinajstić information content (AvgIpc) is 2.28. The van der Waals surface area contributed by atoms with Gasteiger partial charge in [0.2, 0.25) is 5.91 Å². The van der Waals surface area contributed by atoms with Crippen molar-refractivity contribution in [2.75, 3.05) is 7.11 Å². The molecule has 0 aromatic rings. The van der Waals surface area contributed by atoms with Crippen LogP contribution in [-0.4, -0.2) is 13.0 Å². The van der Waals surface area contributed by atoms with Crippen LogP contribution in [0.4, 0.5) is 0 Å². The lowest BCUT2D eigenvalue weighted by Crippen LogP contribution is -2.20. The lowest BCUT2D eigenvalue weighted by molar-refractivity contribution is -0.118. The van der Waals surface area contributed by atoms with Gasteiger partial charge in [-0.3, -0.25) is 4.79 Å². The molecule has 1 aliphatic rings. The van der Waals surface area contributed by atoms with Crippen LogP contribution in [0.15, 0.2) is 35.8 Å². The monoisotopic (exact) mass is 179 g/mol. The van der Waals surface area contributed by atoms with Gasteiger partial charge in [0.1, 0.15) is 5.76 Å². The van der Waals surface area contributed by atoms with Crippen molar-refractivity contribution >= 4 is 5.91 Å². The van der Waals surface area contributed by atoms with Gasteiger partial charge in [-0.05, 0) is 12.5 Å². The van der Waals surface area contributed by atoms with Gasteiger partial charge in [0.05, 0.1) is 12.8 Å².